The molecule has 0 fully saturated rings. The van der Waals surface area contributed by atoms with Crippen LogP contribution in [-0.4, -0.2) is 24.2 Å². The first-order valence-electron chi connectivity index (χ1n) is 7.36. The summed E-state index contributed by atoms with van der Waals surface area (Å²) in [4.78, 5) is 12.5. The normalized spacial score (nSPS) is 16.3. The van der Waals surface area contributed by atoms with Gasteiger partial charge in [-0.15, -0.1) is 0 Å². The lowest BCUT2D eigenvalue weighted by Gasteiger charge is -2.14. The highest BCUT2D eigenvalue weighted by molar-refractivity contribution is 5.95. The highest BCUT2D eigenvalue weighted by Gasteiger charge is 2.25. The van der Waals surface area contributed by atoms with E-state index in [1.165, 1.54) is 0 Å². The maximum absolute atomic E-state index is 12.5. The van der Waals surface area contributed by atoms with E-state index < -0.39 is 0 Å². The molecule has 0 aromatic heterocycles. The number of benzene rings is 2. The third kappa shape index (κ3) is 2.83. The van der Waals surface area contributed by atoms with Crippen molar-refractivity contribution in [1.82, 2.24) is 5.32 Å². The summed E-state index contributed by atoms with van der Waals surface area (Å²) < 4.78 is 5.14. The molecule has 0 saturated carbocycles. The van der Waals surface area contributed by atoms with E-state index in [1.54, 1.807) is 13.2 Å². The van der Waals surface area contributed by atoms with Gasteiger partial charge in [-0.1, -0.05) is 30.3 Å². The van der Waals surface area contributed by atoms with Crippen LogP contribution in [0.4, 0.5) is 0 Å². The van der Waals surface area contributed by atoms with Crippen molar-refractivity contribution in [2.24, 2.45) is 0 Å². The maximum Gasteiger partial charge on any atom is 0.251 e. The summed E-state index contributed by atoms with van der Waals surface area (Å²) in [6.45, 7) is 0.412. The van der Waals surface area contributed by atoms with Crippen molar-refractivity contribution >= 4 is 5.91 Å². The fourth-order valence-electron chi connectivity index (χ4n) is 3.02. The number of nitrogens with one attached hydrogen (secondary N) is 1. The van der Waals surface area contributed by atoms with Gasteiger partial charge in [-0.3, -0.25) is 4.79 Å². The predicted molar refractivity (Wildman–Crippen MR) is 83.9 cm³/mol. The molecule has 1 amide bonds. The van der Waals surface area contributed by atoms with Crippen LogP contribution in [0.25, 0.3) is 0 Å². The molecule has 4 nitrogen and oxygen atoms in total. The third-order valence-electron chi connectivity index (χ3n) is 4.06. The zero-order valence-corrected chi connectivity index (χ0v) is 12.5. The van der Waals surface area contributed by atoms with E-state index in [2.05, 4.69) is 5.32 Å². The Morgan fingerprint density at radius 1 is 1.23 bits per heavy atom. The molecule has 114 valence electrons. The Hall–Kier alpha value is -2.33. The number of methoxy groups -OCH3 is 1. The molecule has 0 heterocycles. The van der Waals surface area contributed by atoms with Crippen LogP contribution in [0.2, 0.25) is 0 Å². The summed E-state index contributed by atoms with van der Waals surface area (Å²) in [6.07, 6.45) is 1.42. The molecule has 0 radical (unpaired) electrons. The minimum atomic E-state index is -0.0926. The van der Waals surface area contributed by atoms with Crippen molar-refractivity contribution in [2.45, 2.75) is 25.5 Å². The molecular weight excluding hydrogens is 278 g/mol. The summed E-state index contributed by atoms with van der Waals surface area (Å²) in [5, 5.41) is 12.9. The molecular formula is C18H19NO3. The van der Waals surface area contributed by atoms with Crippen molar-refractivity contribution < 1.29 is 14.6 Å². The summed E-state index contributed by atoms with van der Waals surface area (Å²) >= 11 is 0. The second-order valence-electron chi connectivity index (χ2n) is 5.58. The number of phenolic OH excluding ortho intramolecular Hbond substituents is 1. The largest absolute Gasteiger partial charge is 0.508 e. The van der Waals surface area contributed by atoms with E-state index in [-0.39, 0.29) is 11.9 Å². The number of carbonyl (C=O) groups excluding carboxylic acids is 1. The van der Waals surface area contributed by atoms with Gasteiger partial charge >= 0.3 is 0 Å². The number of rotatable bonds is 4. The zero-order chi connectivity index (χ0) is 15.5. The van der Waals surface area contributed by atoms with Crippen LogP contribution in [0.5, 0.6) is 5.75 Å². The fourth-order valence-corrected chi connectivity index (χ4v) is 3.02. The highest BCUT2D eigenvalue weighted by Crippen LogP contribution is 2.29. The Kier molecular flexibility index (Phi) is 4.11. The van der Waals surface area contributed by atoms with Gasteiger partial charge in [0.15, 0.2) is 0 Å². The van der Waals surface area contributed by atoms with Gasteiger partial charge in [0.25, 0.3) is 5.91 Å². The lowest BCUT2D eigenvalue weighted by Crippen LogP contribution is -2.35. The average molecular weight is 297 g/mol. The summed E-state index contributed by atoms with van der Waals surface area (Å²) in [7, 11) is 1.62. The molecule has 0 aliphatic heterocycles. The van der Waals surface area contributed by atoms with Crippen molar-refractivity contribution in [3.63, 3.8) is 0 Å². The second kappa shape index (κ2) is 6.20. The number of hydrogen-bond donors (Lipinski definition) is 2. The van der Waals surface area contributed by atoms with Gasteiger partial charge in [0, 0.05) is 18.7 Å². The molecule has 2 N–H and O–H groups in total. The molecule has 1 atom stereocenters. The lowest BCUT2D eigenvalue weighted by molar-refractivity contribution is 0.0933. The van der Waals surface area contributed by atoms with E-state index >= 15 is 0 Å². The van der Waals surface area contributed by atoms with Crippen LogP contribution in [0.15, 0.2) is 42.5 Å². The Labute approximate surface area is 129 Å². The molecule has 2 aromatic rings. The molecule has 0 saturated heterocycles. The van der Waals surface area contributed by atoms with E-state index in [4.69, 9.17) is 4.74 Å². The minimum absolute atomic E-state index is 0.0198. The zero-order valence-electron chi connectivity index (χ0n) is 12.5. The van der Waals surface area contributed by atoms with Gasteiger partial charge in [-0.2, -0.15) is 0 Å². The van der Waals surface area contributed by atoms with E-state index in [0.717, 1.165) is 23.1 Å². The lowest BCUT2D eigenvalue weighted by atomic mass is 10.1. The first-order valence-corrected chi connectivity index (χ1v) is 7.36. The number of aromatic hydroxyl groups is 1. The van der Waals surface area contributed by atoms with Crippen LogP contribution in [0.3, 0.4) is 0 Å². The summed E-state index contributed by atoms with van der Waals surface area (Å²) in [5.74, 6) is 0.221. The maximum atomic E-state index is 12.5. The smallest absolute Gasteiger partial charge is 0.251 e. The van der Waals surface area contributed by atoms with Crippen molar-refractivity contribution in [1.29, 1.82) is 0 Å². The van der Waals surface area contributed by atoms with Crippen LogP contribution < -0.4 is 5.32 Å². The number of phenols is 1. The molecule has 1 unspecified atom stereocenters. The first kappa shape index (κ1) is 14.6. The van der Waals surface area contributed by atoms with Crippen LogP contribution >= 0.6 is 0 Å². The van der Waals surface area contributed by atoms with E-state index in [1.807, 2.05) is 36.4 Å². The Morgan fingerprint density at radius 2 is 2.05 bits per heavy atom. The van der Waals surface area contributed by atoms with E-state index in [9.17, 15) is 9.90 Å². The Morgan fingerprint density at radius 3 is 2.82 bits per heavy atom. The van der Waals surface area contributed by atoms with Gasteiger partial charge in [0.05, 0.1) is 6.61 Å². The summed E-state index contributed by atoms with van der Waals surface area (Å²) in [5.41, 5.74) is 3.57. The minimum Gasteiger partial charge on any atom is -0.508 e. The molecule has 4 heteroatoms. The van der Waals surface area contributed by atoms with Crippen LogP contribution in [0.1, 0.15) is 27.0 Å². The number of ether oxygens (including phenoxy) is 1. The molecule has 22 heavy (non-hydrogen) atoms. The van der Waals surface area contributed by atoms with Crippen molar-refractivity contribution in [2.75, 3.05) is 7.11 Å². The second-order valence-corrected chi connectivity index (χ2v) is 5.58. The quantitative estimate of drug-likeness (QED) is 0.911. The molecule has 1 aliphatic rings. The molecule has 2 aromatic carbocycles. The van der Waals surface area contributed by atoms with Crippen molar-refractivity contribution in [3.05, 3.63) is 64.7 Å². The van der Waals surface area contributed by atoms with Crippen LogP contribution in [0, 0.1) is 0 Å². The number of amides is 1. The molecule has 0 spiro atoms. The first-order chi connectivity index (χ1) is 10.7. The Bertz CT molecular complexity index is 696. The third-order valence-corrected chi connectivity index (χ3v) is 4.06. The molecule has 3 rings (SSSR count). The average Bonchev–Trinajstić information content (AvgIpc) is 2.92. The van der Waals surface area contributed by atoms with Gasteiger partial charge < -0.3 is 15.2 Å². The monoisotopic (exact) mass is 297 g/mol. The number of hydrogen-bond acceptors (Lipinski definition) is 3. The van der Waals surface area contributed by atoms with E-state index in [0.29, 0.717) is 24.3 Å². The standard InChI is InChI=1S/C18H19NO3/c1-22-11-13-5-2-3-7-15(13)18(21)19-14-9-12-6-4-8-17(20)16(12)10-14/h2-8,14,20H,9-11H2,1H3,(H,19,21). The fraction of sp³-hybridized carbons (Fsp3) is 0.278. The van der Waals surface area contributed by atoms with Crippen LogP contribution in [-0.2, 0) is 24.2 Å². The molecule has 1 aliphatic carbocycles. The molecule has 0 bridgehead atoms. The van der Waals surface area contributed by atoms with Crippen molar-refractivity contribution in [3.8, 4) is 5.75 Å². The predicted octanol–water partition coefficient (Wildman–Crippen LogP) is 2.44. The number of fused-ring (bicyclic) bond motifs is 1. The van der Waals surface area contributed by atoms with Gasteiger partial charge in [-0.05, 0) is 41.7 Å². The topological polar surface area (TPSA) is 58.6 Å². The number of carbonyl (C=O) groups is 1. The van der Waals surface area contributed by atoms with Gasteiger partial charge in [-0.25, -0.2) is 0 Å². The van der Waals surface area contributed by atoms with Gasteiger partial charge in [0.1, 0.15) is 5.75 Å². The Balaban J connectivity index is 1.73. The SMILES string of the molecule is COCc1ccccc1C(=O)NC1Cc2cccc(O)c2C1. The van der Waals surface area contributed by atoms with Gasteiger partial charge in [0.2, 0.25) is 0 Å². The summed E-state index contributed by atoms with van der Waals surface area (Å²) in [6, 6.07) is 13.0. The highest BCUT2D eigenvalue weighted by atomic mass is 16.5.